The molecule has 0 saturated carbocycles. The van der Waals surface area contributed by atoms with E-state index in [1.54, 1.807) is 0 Å². The van der Waals surface area contributed by atoms with Crippen LogP contribution in [0.2, 0.25) is 0 Å². The molecule has 2 N–H and O–H groups in total. The molecule has 56 valence electrons. The average Bonchev–Trinajstić information content (AvgIpc) is 2.61. The summed E-state index contributed by atoms with van der Waals surface area (Å²) in [4.78, 5) is 10.6. The van der Waals surface area contributed by atoms with Gasteiger partial charge in [0.25, 0.3) is 0 Å². The lowest BCUT2D eigenvalue weighted by atomic mass is 9.98. The molecular weight excluding hydrogens is 134 g/mol. The van der Waals surface area contributed by atoms with Crippen molar-refractivity contribution in [2.75, 3.05) is 13.1 Å². The Bertz CT molecular complexity index is 182. The van der Waals surface area contributed by atoms with E-state index in [4.69, 9.17) is 9.84 Å². The number of carboxylic acid groups (broad SMARTS) is 1. The van der Waals surface area contributed by atoms with E-state index in [2.05, 4.69) is 5.32 Å². The number of carbonyl (C=O) groups is 1. The lowest BCUT2D eigenvalue weighted by molar-refractivity contribution is -0.143. The maximum absolute atomic E-state index is 10.6. The van der Waals surface area contributed by atoms with Crippen molar-refractivity contribution >= 4 is 5.97 Å². The molecule has 2 saturated heterocycles. The lowest BCUT2D eigenvalue weighted by Crippen LogP contribution is -2.40. The van der Waals surface area contributed by atoms with Crippen LogP contribution < -0.4 is 5.32 Å². The highest BCUT2D eigenvalue weighted by Gasteiger charge is 2.63. The third-order valence-corrected chi connectivity index (χ3v) is 2.18. The summed E-state index contributed by atoms with van der Waals surface area (Å²) >= 11 is 0. The quantitative estimate of drug-likeness (QED) is 0.472. The topological polar surface area (TPSA) is 61.9 Å². The molecule has 0 aliphatic carbocycles. The highest BCUT2D eigenvalue weighted by Crippen LogP contribution is 2.41. The van der Waals surface area contributed by atoms with E-state index in [-0.39, 0.29) is 6.10 Å². The summed E-state index contributed by atoms with van der Waals surface area (Å²) in [5, 5.41) is 11.8. The third-order valence-electron chi connectivity index (χ3n) is 2.18. The summed E-state index contributed by atoms with van der Waals surface area (Å²) in [6, 6.07) is 0. The maximum Gasteiger partial charge on any atom is 0.338 e. The zero-order chi connectivity index (χ0) is 7.19. The Balaban J connectivity index is 2.12. The third kappa shape index (κ3) is 0.602. The SMILES string of the molecule is O=C(O)C12CCNCC1O2. The number of nitrogens with one attached hydrogen (secondary N) is 1. The van der Waals surface area contributed by atoms with Crippen molar-refractivity contribution in [2.45, 2.75) is 18.1 Å². The Hall–Kier alpha value is -0.610. The molecule has 2 aliphatic heterocycles. The van der Waals surface area contributed by atoms with Gasteiger partial charge in [-0.1, -0.05) is 0 Å². The van der Waals surface area contributed by atoms with Gasteiger partial charge in [-0.05, 0) is 6.54 Å². The summed E-state index contributed by atoms with van der Waals surface area (Å²) < 4.78 is 5.06. The number of ether oxygens (including phenoxy) is 1. The van der Waals surface area contributed by atoms with Gasteiger partial charge >= 0.3 is 5.97 Å². The summed E-state index contributed by atoms with van der Waals surface area (Å²) in [7, 11) is 0. The van der Waals surface area contributed by atoms with E-state index in [1.807, 2.05) is 0 Å². The van der Waals surface area contributed by atoms with Gasteiger partial charge in [0.05, 0.1) is 0 Å². The van der Waals surface area contributed by atoms with Crippen molar-refractivity contribution < 1.29 is 14.6 Å². The Morgan fingerprint density at radius 1 is 1.80 bits per heavy atom. The average molecular weight is 143 g/mol. The number of epoxide rings is 1. The second-order valence-electron chi connectivity index (χ2n) is 2.76. The van der Waals surface area contributed by atoms with E-state index in [0.717, 1.165) is 6.54 Å². The second-order valence-corrected chi connectivity index (χ2v) is 2.76. The first-order chi connectivity index (χ1) is 4.76. The summed E-state index contributed by atoms with van der Waals surface area (Å²) in [6.07, 6.45) is 0.534. The van der Waals surface area contributed by atoms with Gasteiger partial charge in [-0.2, -0.15) is 0 Å². The van der Waals surface area contributed by atoms with Crippen molar-refractivity contribution in [3.63, 3.8) is 0 Å². The van der Waals surface area contributed by atoms with Crippen LogP contribution in [0.4, 0.5) is 0 Å². The van der Waals surface area contributed by atoms with Gasteiger partial charge in [0.1, 0.15) is 6.10 Å². The molecule has 0 spiro atoms. The molecule has 2 aliphatic rings. The molecule has 2 fully saturated rings. The number of piperidine rings is 1. The van der Waals surface area contributed by atoms with E-state index < -0.39 is 11.6 Å². The van der Waals surface area contributed by atoms with Gasteiger partial charge in [-0.15, -0.1) is 0 Å². The molecule has 0 radical (unpaired) electrons. The van der Waals surface area contributed by atoms with Gasteiger partial charge in [0.2, 0.25) is 0 Å². The molecule has 0 amide bonds. The monoisotopic (exact) mass is 143 g/mol. The summed E-state index contributed by atoms with van der Waals surface area (Å²) in [6.45, 7) is 1.44. The van der Waals surface area contributed by atoms with Crippen LogP contribution in [-0.4, -0.2) is 35.9 Å². The maximum atomic E-state index is 10.6. The summed E-state index contributed by atoms with van der Waals surface area (Å²) in [5.41, 5.74) is -0.800. The second kappa shape index (κ2) is 1.71. The molecule has 2 heterocycles. The molecule has 2 atom stereocenters. The van der Waals surface area contributed by atoms with E-state index in [1.165, 1.54) is 0 Å². The zero-order valence-corrected chi connectivity index (χ0v) is 5.46. The molecule has 10 heavy (non-hydrogen) atoms. The minimum absolute atomic E-state index is 0.0706. The number of fused-ring (bicyclic) bond motifs is 1. The van der Waals surface area contributed by atoms with Crippen molar-refractivity contribution in [3.05, 3.63) is 0 Å². The molecule has 0 aromatic carbocycles. The molecule has 4 heteroatoms. The highest BCUT2D eigenvalue weighted by molar-refractivity contribution is 5.81. The Labute approximate surface area is 58.2 Å². The van der Waals surface area contributed by atoms with Crippen LogP contribution in [-0.2, 0) is 9.53 Å². The first-order valence-corrected chi connectivity index (χ1v) is 3.38. The van der Waals surface area contributed by atoms with Crippen molar-refractivity contribution in [2.24, 2.45) is 0 Å². The van der Waals surface area contributed by atoms with Crippen LogP contribution in [0.5, 0.6) is 0 Å². The number of hydrogen-bond donors (Lipinski definition) is 2. The fourth-order valence-corrected chi connectivity index (χ4v) is 1.45. The molecule has 2 rings (SSSR count). The minimum Gasteiger partial charge on any atom is -0.479 e. The van der Waals surface area contributed by atoms with Gasteiger partial charge < -0.3 is 15.2 Å². The van der Waals surface area contributed by atoms with E-state index in [9.17, 15) is 4.79 Å². The summed E-state index contributed by atoms with van der Waals surface area (Å²) in [5.74, 6) is -0.806. The first kappa shape index (κ1) is 6.12. The van der Waals surface area contributed by atoms with Crippen molar-refractivity contribution in [3.8, 4) is 0 Å². The normalized spacial score (nSPS) is 44.2. The predicted molar refractivity (Wildman–Crippen MR) is 32.7 cm³/mol. The molecule has 0 bridgehead atoms. The lowest BCUT2D eigenvalue weighted by Gasteiger charge is -2.12. The Kier molecular flexibility index (Phi) is 1.04. The predicted octanol–water partition coefficient (Wildman–Crippen LogP) is -0.798. The molecule has 0 aromatic rings. The smallest absolute Gasteiger partial charge is 0.338 e. The molecule has 2 unspecified atom stereocenters. The van der Waals surface area contributed by atoms with Crippen LogP contribution in [0, 0.1) is 0 Å². The van der Waals surface area contributed by atoms with Crippen LogP contribution in [0.15, 0.2) is 0 Å². The van der Waals surface area contributed by atoms with Gasteiger partial charge in [-0.25, -0.2) is 4.79 Å². The van der Waals surface area contributed by atoms with Crippen LogP contribution in [0.1, 0.15) is 6.42 Å². The van der Waals surface area contributed by atoms with Crippen molar-refractivity contribution in [1.29, 1.82) is 0 Å². The Morgan fingerprint density at radius 2 is 2.60 bits per heavy atom. The van der Waals surface area contributed by atoms with Crippen LogP contribution in [0.3, 0.4) is 0 Å². The number of carboxylic acids is 1. The zero-order valence-electron chi connectivity index (χ0n) is 5.46. The van der Waals surface area contributed by atoms with E-state index in [0.29, 0.717) is 13.0 Å². The van der Waals surface area contributed by atoms with Gasteiger partial charge in [0, 0.05) is 13.0 Å². The van der Waals surface area contributed by atoms with Gasteiger partial charge in [0.15, 0.2) is 5.60 Å². The first-order valence-electron chi connectivity index (χ1n) is 3.38. The van der Waals surface area contributed by atoms with Crippen LogP contribution in [0.25, 0.3) is 0 Å². The fraction of sp³-hybridized carbons (Fsp3) is 0.833. The fourth-order valence-electron chi connectivity index (χ4n) is 1.45. The molecule has 4 nitrogen and oxygen atoms in total. The van der Waals surface area contributed by atoms with E-state index >= 15 is 0 Å². The Morgan fingerprint density at radius 3 is 3.10 bits per heavy atom. The largest absolute Gasteiger partial charge is 0.479 e. The van der Waals surface area contributed by atoms with Crippen LogP contribution >= 0.6 is 0 Å². The number of rotatable bonds is 1. The van der Waals surface area contributed by atoms with Crippen molar-refractivity contribution in [1.82, 2.24) is 5.32 Å². The highest BCUT2D eigenvalue weighted by atomic mass is 16.6. The number of hydrogen-bond acceptors (Lipinski definition) is 3. The standard InChI is InChI=1S/C6H9NO3/c8-5(9)6-1-2-7-3-4(6)10-6/h4,7H,1-3H2,(H,8,9). The minimum atomic E-state index is -0.806. The molecular formula is C6H9NO3. The number of aliphatic carboxylic acids is 1. The van der Waals surface area contributed by atoms with Gasteiger partial charge in [-0.3, -0.25) is 0 Å². The molecule has 0 aromatic heterocycles.